The number of hydrogen-bond donors (Lipinski definition) is 1. The fourth-order valence-corrected chi connectivity index (χ4v) is 2.35. The van der Waals surface area contributed by atoms with Crippen LogP contribution in [0.2, 0.25) is 10.0 Å². The third kappa shape index (κ3) is 3.38. The van der Waals surface area contributed by atoms with E-state index in [1.165, 1.54) is 0 Å². The number of ether oxygens (including phenoxy) is 1. The molecule has 2 nitrogen and oxygen atoms in total. The van der Waals surface area contributed by atoms with E-state index >= 15 is 0 Å². The van der Waals surface area contributed by atoms with Gasteiger partial charge in [0.2, 0.25) is 0 Å². The quantitative estimate of drug-likeness (QED) is 0.832. The maximum atomic E-state index is 6.09. The van der Waals surface area contributed by atoms with Gasteiger partial charge in [-0.1, -0.05) is 35.4 Å². The number of halogens is 2. The smallest absolute Gasteiger partial charge is 0.130 e. The van der Waals surface area contributed by atoms with Gasteiger partial charge in [0, 0.05) is 16.7 Å². The largest absolute Gasteiger partial charge is 0.457 e. The van der Waals surface area contributed by atoms with Crippen molar-refractivity contribution in [3.63, 3.8) is 0 Å². The van der Waals surface area contributed by atoms with Crippen LogP contribution in [-0.2, 0) is 0 Å². The summed E-state index contributed by atoms with van der Waals surface area (Å²) < 4.78 is 5.75. The van der Waals surface area contributed by atoms with Crippen molar-refractivity contribution in [1.82, 2.24) is 0 Å². The number of benzene rings is 2. The highest BCUT2D eigenvalue weighted by Gasteiger charge is 2.07. The van der Waals surface area contributed by atoms with Crippen molar-refractivity contribution in [3.8, 4) is 11.5 Å². The molecule has 0 aliphatic carbocycles. The van der Waals surface area contributed by atoms with Crippen LogP contribution in [0.5, 0.6) is 11.5 Å². The summed E-state index contributed by atoms with van der Waals surface area (Å²) in [6.07, 6.45) is 0. The van der Waals surface area contributed by atoms with E-state index in [0.717, 1.165) is 11.3 Å². The summed E-state index contributed by atoms with van der Waals surface area (Å²) >= 11 is 16.9. The SMILES string of the molecule is Cc1cc(Cl)ccc1Oc1ccc(C(N)=S)c(Cl)c1. The normalized spacial score (nSPS) is 10.3. The Bertz CT molecular complexity index is 643. The van der Waals surface area contributed by atoms with Crippen LogP contribution in [-0.4, -0.2) is 4.99 Å². The predicted molar refractivity (Wildman–Crippen MR) is 83.6 cm³/mol. The van der Waals surface area contributed by atoms with E-state index in [0.29, 0.717) is 21.4 Å². The van der Waals surface area contributed by atoms with E-state index in [9.17, 15) is 0 Å². The van der Waals surface area contributed by atoms with Crippen LogP contribution in [0.1, 0.15) is 11.1 Å². The van der Waals surface area contributed by atoms with Crippen molar-refractivity contribution in [1.29, 1.82) is 0 Å². The molecule has 98 valence electrons. The molecule has 0 saturated heterocycles. The molecule has 0 spiro atoms. The topological polar surface area (TPSA) is 35.2 Å². The van der Waals surface area contributed by atoms with Crippen molar-refractivity contribution in [2.45, 2.75) is 6.92 Å². The van der Waals surface area contributed by atoms with Crippen molar-refractivity contribution in [3.05, 3.63) is 57.6 Å². The first kappa shape index (κ1) is 14.1. The third-order valence-electron chi connectivity index (χ3n) is 2.57. The summed E-state index contributed by atoms with van der Waals surface area (Å²) in [5.41, 5.74) is 7.13. The van der Waals surface area contributed by atoms with Gasteiger partial charge in [-0.3, -0.25) is 0 Å². The van der Waals surface area contributed by atoms with Gasteiger partial charge in [0.15, 0.2) is 0 Å². The maximum absolute atomic E-state index is 6.09. The summed E-state index contributed by atoms with van der Waals surface area (Å²) in [6, 6.07) is 10.6. The number of hydrogen-bond acceptors (Lipinski definition) is 2. The van der Waals surface area contributed by atoms with Gasteiger partial charge < -0.3 is 10.5 Å². The highest BCUT2D eigenvalue weighted by molar-refractivity contribution is 7.80. The van der Waals surface area contributed by atoms with E-state index in [2.05, 4.69) is 0 Å². The number of rotatable bonds is 3. The third-order valence-corrected chi connectivity index (χ3v) is 3.34. The first-order valence-corrected chi connectivity index (χ1v) is 6.67. The standard InChI is InChI=1S/C14H11Cl2NOS/c1-8-6-9(15)2-5-13(8)18-10-3-4-11(14(17)19)12(16)7-10/h2-7H,1H3,(H2,17,19). The number of aryl methyl sites for hydroxylation is 1. The van der Waals surface area contributed by atoms with E-state index in [-0.39, 0.29) is 4.99 Å². The zero-order chi connectivity index (χ0) is 14.0. The minimum Gasteiger partial charge on any atom is -0.457 e. The van der Waals surface area contributed by atoms with Crippen LogP contribution in [0.25, 0.3) is 0 Å². The Balaban J connectivity index is 2.29. The maximum Gasteiger partial charge on any atom is 0.130 e. The fraction of sp³-hybridized carbons (Fsp3) is 0.0714. The van der Waals surface area contributed by atoms with Crippen LogP contribution in [0, 0.1) is 6.92 Å². The first-order valence-electron chi connectivity index (χ1n) is 5.51. The van der Waals surface area contributed by atoms with Crippen molar-refractivity contribution in [2.75, 3.05) is 0 Å². The minimum atomic E-state index is 0.263. The first-order chi connectivity index (χ1) is 8.97. The van der Waals surface area contributed by atoms with Crippen molar-refractivity contribution < 1.29 is 4.74 Å². The highest BCUT2D eigenvalue weighted by atomic mass is 35.5. The van der Waals surface area contributed by atoms with Crippen LogP contribution in [0.4, 0.5) is 0 Å². The molecule has 2 aromatic carbocycles. The van der Waals surface area contributed by atoms with E-state index in [1.807, 2.05) is 19.1 Å². The molecule has 0 heterocycles. The molecule has 0 aliphatic heterocycles. The van der Waals surface area contributed by atoms with Gasteiger partial charge >= 0.3 is 0 Å². The number of nitrogens with two attached hydrogens (primary N) is 1. The van der Waals surface area contributed by atoms with Gasteiger partial charge in [-0.25, -0.2) is 0 Å². The Morgan fingerprint density at radius 2 is 1.89 bits per heavy atom. The average Bonchev–Trinajstić information content (AvgIpc) is 2.32. The Hall–Kier alpha value is -1.29. The summed E-state index contributed by atoms with van der Waals surface area (Å²) in [7, 11) is 0. The van der Waals surface area contributed by atoms with Crippen molar-refractivity contribution >= 4 is 40.4 Å². The van der Waals surface area contributed by atoms with Crippen LogP contribution in [0.15, 0.2) is 36.4 Å². The molecule has 2 aromatic rings. The summed E-state index contributed by atoms with van der Waals surface area (Å²) in [4.78, 5) is 0.263. The Morgan fingerprint density at radius 1 is 1.16 bits per heavy atom. The van der Waals surface area contributed by atoms with Gasteiger partial charge in [-0.2, -0.15) is 0 Å². The zero-order valence-corrected chi connectivity index (χ0v) is 12.4. The lowest BCUT2D eigenvalue weighted by Crippen LogP contribution is -2.09. The lowest BCUT2D eigenvalue weighted by molar-refractivity contribution is 0.479. The van der Waals surface area contributed by atoms with Gasteiger partial charge in [-0.15, -0.1) is 0 Å². The molecule has 0 bridgehead atoms. The molecule has 0 saturated carbocycles. The molecular weight excluding hydrogens is 301 g/mol. The predicted octanol–water partition coefficient (Wildman–Crippen LogP) is 4.73. The Morgan fingerprint density at radius 3 is 2.47 bits per heavy atom. The molecule has 0 fully saturated rings. The van der Waals surface area contributed by atoms with Crippen LogP contribution >= 0.6 is 35.4 Å². The highest BCUT2D eigenvalue weighted by Crippen LogP contribution is 2.30. The Labute approximate surface area is 127 Å². The van der Waals surface area contributed by atoms with Gasteiger partial charge in [-0.05, 0) is 42.8 Å². The molecule has 2 N–H and O–H groups in total. The molecule has 5 heteroatoms. The molecule has 0 unspecified atom stereocenters. The van der Waals surface area contributed by atoms with E-state index in [4.69, 9.17) is 45.9 Å². The summed E-state index contributed by atoms with van der Waals surface area (Å²) in [5, 5.41) is 1.14. The second kappa shape index (κ2) is 5.78. The molecule has 0 radical (unpaired) electrons. The van der Waals surface area contributed by atoms with Gasteiger partial charge in [0.1, 0.15) is 16.5 Å². The second-order valence-electron chi connectivity index (χ2n) is 4.02. The lowest BCUT2D eigenvalue weighted by Gasteiger charge is -2.10. The number of thiocarbonyl (C=S) groups is 1. The fourth-order valence-electron chi connectivity index (χ4n) is 1.61. The van der Waals surface area contributed by atoms with Gasteiger partial charge in [0.05, 0.1) is 5.02 Å². The second-order valence-corrected chi connectivity index (χ2v) is 5.30. The van der Waals surface area contributed by atoms with E-state index in [1.54, 1.807) is 24.3 Å². The molecule has 2 rings (SSSR count). The van der Waals surface area contributed by atoms with Crippen LogP contribution in [0.3, 0.4) is 0 Å². The summed E-state index contributed by atoms with van der Waals surface area (Å²) in [5.74, 6) is 1.35. The lowest BCUT2D eigenvalue weighted by atomic mass is 10.2. The molecule has 0 amide bonds. The zero-order valence-electron chi connectivity index (χ0n) is 10.1. The van der Waals surface area contributed by atoms with E-state index < -0.39 is 0 Å². The van der Waals surface area contributed by atoms with Crippen molar-refractivity contribution in [2.24, 2.45) is 5.73 Å². The summed E-state index contributed by atoms with van der Waals surface area (Å²) in [6.45, 7) is 1.92. The molecule has 19 heavy (non-hydrogen) atoms. The molecule has 0 aliphatic rings. The monoisotopic (exact) mass is 311 g/mol. The van der Waals surface area contributed by atoms with Gasteiger partial charge in [0.25, 0.3) is 0 Å². The Kier molecular flexibility index (Phi) is 4.30. The average molecular weight is 312 g/mol. The molecular formula is C14H11Cl2NOS. The van der Waals surface area contributed by atoms with Crippen LogP contribution < -0.4 is 10.5 Å². The molecule has 0 aromatic heterocycles. The molecule has 0 atom stereocenters. The minimum absolute atomic E-state index is 0.263.